The van der Waals surface area contributed by atoms with Crippen LogP contribution in [0.15, 0.2) is 39.7 Å². The van der Waals surface area contributed by atoms with Crippen molar-refractivity contribution in [3.05, 3.63) is 52.0 Å². The topological polar surface area (TPSA) is 70.2 Å². The summed E-state index contributed by atoms with van der Waals surface area (Å²) in [5, 5.41) is 2.52. The number of hydrogen-bond donors (Lipinski definition) is 1. The Bertz CT molecular complexity index is 693. The number of hydrogen-bond acceptors (Lipinski definition) is 3. The van der Waals surface area contributed by atoms with Crippen LogP contribution in [0.1, 0.15) is 11.3 Å². The summed E-state index contributed by atoms with van der Waals surface area (Å²) in [5.41, 5.74) is 1.58. The molecule has 1 heterocycles. The van der Waals surface area contributed by atoms with E-state index in [0.29, 0.717) is 0 Å². The molecule has 0 bridgehead atoms. The zero-order valence-corrected chi connectivity index (χ0v) is 11.6. The van der Waals surface area contributed by atoms with Crippen LogP contribution in [0.5, 0.6) is 0 Å². The van der Waals surface area contributed by atoms with Gasteiger partial charge in [-0.15, -0.1) is 0 Å². The highest BCUT2D eigenvalue weighted by Crippen LogP contribution is 2.03. The van der Waals surface area contributed by atoms with E-state index in [2.05, 4.69) is 5.27 Å². The number of aryl methyl sites for hydroxylation is 1. The summed E-state index contributed by atoms with van der Waals surface area (Å²) in [6.07, 6.45) is 2.76. The summed E-state index contributed by atoms with van der Waals surface area (Å²) >= 11 is 0. The molecular formula is C14H16N3O3+. The number of benzene rings is 1. The molecule has 104 valence electrons. The van der Waals surface area contributed by atoms with Crippen molar-refractivity contribution in [3.8, 4) is 5.69 Å². The first kappa shape index (κ1) is 13.8. The van der Waals surface area contributed by atoms with Gasteiger partial charge in [0.1, 0.15) is 0 Å². The first-order chi connectivity index (χ1) is 9.49. The van der Waals surface area contributed by atoms with E-state index in [-0.39, 0.29) is 11.6 Å². The van der Waals surface area contributed by atoms with Gasteiger partial charge in [0.05, 0.1) is 0 Å². The van der Waals surface area contributed by atoms with E-state index in [4.69, 9.17) is 4.52 Å². The summed E-state index contributed by atoms with van der Waals surface area (Å²) in [7, 11) is 3.28. The first-order valence-electron chi connectivity index (χ1n) is 6.09. The number of aromatic amines is 1. The van der Waals surface area contributed by atoms with Crippen molar-refractivity contribution >= 4 is 12.0 Å². The van der Waals surface area contributed by atoms with Gasteiger partial charge < -0.3 is 4.90 Å². The Kier molecular flexibility index (Phi) is 3.84. The molecule has 0 unspecified atom stereocenters. The molecule has 1 aromatic heterocycles. The van der Waals surface area contributed by atoms with Crippen molar-refractivity contribution < 1.29 is 14.0 Å². The van der Waals surface area contributed by atoms with Crippen LogP contribution in [-0.4, -0.2) is 30.2 Å². The van der Waals surface area contributed by atoms with Gasteiger partial charge in [-0.1, -0.05) is 17.7 Å². The Balaban J connectivity index is 2.40. The molecule has 2 rings (SSSR count). The maximum atomic E-state index is 11.7. The minimum atomic E-state index is -0.534. The highest BCUT2D eigenvalue weighted by molar-refractivity contribution is 5.90. The molecule has 0 fully saturated rings. The molecule has 6 heteroatoms. The average Bonchev–Trinajstić information content (AvgIpc) is 2.78. The number of amides is 1. The highest BCUT2D eigenvalue weighted by atomic mass is 16.5. The van der Waals surface area contributed by atoms with E-state index < -0.39 is 5.63 Å². The van der Waals surface area contributed by atoms with Gasteiger partial charge in [0.25, 0.3) is 0 Å². The molecular weight excluding hydrogens is 258 g/mol. The van der Waals surface area contributed by atoms with Gasteiger partial charge in [-0.3, -0.25) is 9.32 Å². The minimum absolute atomic E-state index is 0.207. The lowest BCUT2D eigenvalue weighted by Crippen LogP contribution is -2.37. The Labute approximate surface area is 115 Å². The van der Waals surface area contributed by atoms with Crippen LogP contribution < -0.4 is 10.3 Å². The lowest BCUT2D eigenvalue weighted by atomic mass is 10.2. The van der Waals surface area contributed by atoms with Gasteiger partial charge in [-0.2, -0.15) is 0 Å². The van der Waals surface area contributed by atoms with Crippen LogP contribution in [-0.2, 0) is 4.79 Å². The van der Waals surface area contributed by atoms with Crippen LogP contribution in [0, 0.1) is 6.92 Å². The van der Waals surface area contributed by atoms with Crippen molar-refractivity contribution in [3.63, 3.8) is 0 Å². The summed E-state index contributed by atoms with van der Waals surface area (Å²) in [6.45, 7) is 1.98. The van der Waals surface area contributed by atoms with E-state index in [9.17, 15) is 9.59 Å². The number of nitrogens with zero attached hydrogens (tertiary/aromatic N) is 2. The van der Waals surface area contributed by atoms with Crippen LogP contribution in [0.25, 0.3) is 11.8 Å². The van der Waals surface area contributed by atoms with Gasteiger partial charge >= 0.3 is 11.3 Å². The smallest absolute Gasteiger partial charge is 0.345 e. The highest BCUT2D eigenvalue weighted by Gasteiger charge is 2.20. The molecule has 0 aliphatic carbocycles. The van der Waals surface area contributed by atoms with Gasteiger partial charge in [-0.25, -0.2) is 4.79 Å². The fourth-order valence-corrected chi connectivity index (χ4v) is 1.61. The number of rotatable bonds is 3. The predicted molar refractivity (Wildman–Crippen MR) is 73.3 cm³/mol. The number of nitrogens with one attached hydrogen (secondary N) is 1. The molecule has 0 radical (unpaired) electrons. The fourth-order valence-electron chi connectivity index (χ4n) is 1.61. The molecule has 6 nitrogen and oxygen atoms in total. The number of carbonyl (C=O) groups is 1. The van der Waals surface area contributed by atoms with E-state index in [1.165, 1.54) is 21.7 Å². The zero-order chi connectivity index (χ0) is 14.7. The number of carbonyl (C=O) groups excluding carboxylic acids is 1. The molecule has 0 saturated heterocycles. The third-order valence-electron chi connectivity index (χ3n) is 2.80. The molecule has 0 aliphatic heterocycles. The number of H-pyrrole nitrogens is 1. The van der Waals surface area contributed by atoms with E-state index in [1.54, 1.807) is 14.1 Å². The zero-order valence-electron chi connectivity index (χ0n) is 11.6. The third-order valence-corrected chi connectivity index (χ3v) is 2.80. The van der Waals surface area contributed by atoms with Crippen molar-refractivity contribution in [2.45, 2.75) is 6.92 Å². The third kappa shape index (κ3) is 2.85. The standard InChI is InChI=1S/C14H15N3O3/c1-10-4-6-11(7-5-10)17-12(14(19)20-15-17)8-9-13(18)16(2)3/h4-9H,1-3H3/p+1. The minimum Gasteiger partial charge on any atom is -0.345 e. The fraction of sp³-hybridized carbons (Fsp3) is 0.214. The average molecular weight is 274 g/mol. The quantitative estimate of drug-likeness (QED) is 0.660. The van der Waals surface area contributed by atoms with Gasteiger partial charge in [0.2, 0.25) is 11.6 Å². The predicted octanol–water partition coefficient (Wildman–Crippen LogP) is 0.654. The Morgan fingerprint density at radius 1 is 1.30 bits per heavy atom. The van der Waals surface area contributed by atoms with Gasteiger partial charge in [0, 0.05) is 38.4 Å². The van der Waals surface area contributed by atoms with Crippen molar-refractivity contribution in [2.24, 2.45) is 0 Å². The van der Waals surface area contributed by atoms with Crippen molar-refractivity contribution in [1.82, 2.24) is 10.2 Å². The van der Waals surface area contributed by atoms with E-state index in [0.717, 1.165) is 11.3 Å². The molecule has 20 heavy (non-hydrogen) atoms. The second-order valence-electron chi connectivity index (χ2n) is 4.60. The van der Waals surface area contributed by atoms with Crippen LogP contribution in [0.3, 0.4) is 0 Å². The Morgan fingerprint density at radius 3 is 2.55 bits per heavy atom. The Hall–Kier alpha value is -2.63. The molecule has 0 aliphatic rings. The van der Waals surface area contributed by atoms with E-state index in [1.807, 2.05) is 31.2 Å². The summed E-state index contributed by atoms with van der Waals surface area (Å²) < 4.78 is 6.27. The largest absolute Gasteiger partial charge is 0.435 e. The summed E-state index contributed by atoms with van der Waals surface area (Å²) in [4.78, 5) is 24.6. The first-order valence-corrected chi connectivity index (χ1v) is 6.09. The molecule has 0 spiro atoms. The van der Waals surface area contributed by atoms with Crippen LogP contribution >= 0.6 is 0 Å². The van der Waals surface area contributed by atoms with Gasteiger partial charge in [-0.05, 0) is 16.9 Å². The second-order valence-corrected chi connectivity index (χ2v) is 4.60. The summed E-state index contributed by atoms with van der Waals surface area (Å²) in [5.74, 6) is -0.207. The molecule has 1 N–H and O–H groups in total. The monoisotopic (exact) mass is 274 g/mol. The lowest BCUT2D eigenvalue weighted by Gasteiger charge is -2.04. The van der Waals surface area contributed by atoms with Gasteiger partial charge in [0.15, 0.2) is 0 Å². The molecule has 0 atom stereocenters. The molecule has 2 aromatic rings. The van der Waals surface area contributed by atoms with Crippen LogP contribution in [0.4, 0.5) is 0 Å². The normalized spacial score (nSPS) is 10.9. The van der Waals surface area contributed by atoms with E-state index >= 15 is 0 Å². The molecule has 0 saturated carbocycles. The SMILES string of the molecule is Cc1ccc(-[n+]2[nH]oc(=O)c2/C=C/C(=O)N(C)C)cc1. The van der Waals surface area contributed by atoms with Crippen molar-refractivity contribution in [1.29, 1.82) is 0 Å². The summed E-state index contributed by atoms with van der Waals surface area (Å²) in [6, 6.07) is 7.55. The lowest BCUT2D eigenvalue weighted by molar-refractivity contribution is -0.672. The molecule has 1 amide bonds. The molecule has 1 aromatic carbocycles. The number of aromatic nitrogens is 2. The number of likely N-dealkylation sites (N-methyl/N-ethyl adjacent to an activating group) is 1. The maximum Gasteiger partial charge on any atom is 0.435 e. The van der Waals surface area contributed by atoms with Crippen LogP contribution in [0.2, 0.25) is 0 Å². The maximum absolute atomic E-state index is 11.7. The Morgan fingerprint density at radius 2 is 1.95 bits per heavy atom. The second kappa shape index (κ2) is 5.56. The van der Waals surface area contributed by atoms with Crippen molar-refractivity contribution in [2.75, 3.05) is 14.1 Å².